The molecule has 5 heteroatoms. The lowest BCUT2D eigenvalue weighted by molar-refractivity contribution is -0.120. The predicted octanol–water partition coefficient (Wildman–Crippen LogP) is 3.87. The van der Waals surface area contributed by atoms with Crippen molar-refractivity contribution >= 4 is 17.4 Å². The van der Waals surface area contributed by atoms with Crippen LogP contribution in [0.2, 0.25) is 0 Å². The fourth-order valence-corrected chi connectivity index (χ4v) is 3.96. The van der Waals surface area contributed by atoms with Crippen LogP contribution >= 0.6 is 0 Å². The first kappa shape index (κ1) is 16.8. The van der Waals surface area contributed by atoms with Gasteiger partial charge in [-0.3, -0.25) is 9.59 Å². The lowest BCUT2D eigenvalue weighted by Gasteiger charge is -2.29. The summed E-state index contributed by atoms with van der Waals surface area (Å²) in [7, 11) is 0. The molecular weight excluding hydrogens is 333 g/mol. The highest BCUT2D eigenvalue weighted by Gasteiger charge is 2.33. The Morgan fingerprint density at radius 3 is 2.92 bits per heavy atom. The Labute approximate surface area is 151 Å². The summed E-state index contributed by atoms with van der Waals surface area (Å²) in [6.07, 6.45) is 2.14. The van der Waals surface area contributed by atoms with Gasteiger partial charge in [-0.1, -0.05) is 25.1 Å². The second-order valence-corrected chi connectivity index (χ2v) is 6.93. The standard InChI is InChI=1S/C21H20FNO3/c1-13-11-17(24)21-18(9-8-15(22)20(13)21)26-12-19(25)23-10-4-6-14-5-2-3-7-16(14)23/h2-3,5,7-9,13H,4,6,10-12H2,1H3/t13-/m1/s1. The zero-order valence-electron chi connectivity index (χ0n) is 14.6. The lowest BCUT2D eigenvalue weighted by Crippen LogP contribution is -2.38. The highest BCUT2D eigenvalue weighted by molar-refractivity contribution is 6.04. The number of hydrogen-bond donors (Lipinski definition) is 0. The van der Waals surface area contributed by atoms with Gasteiger partial charge in [0, 0.05) is 24.2 Å². The number of para-hydroxylation sites is 1. The molecule has 1 heterocycles. The van der Waals surface area contributed by atoms with Crippen LogP contribution in [0.1, 0.15) is 47.2 Å². The molecule has 2 aromatic rings. The monoisotopic (exact) mass is 353 g/mol. The molecule has 0 saturated carbocycles. The summed E-state index contributed by atoms with van der Waals surface area (Å²) in [4.78, 5) is 26.6. The van der Waals surface area contributed by atoms with E-state index in [0.29, 0.717) is 23.4 Å². The van der Waals surface area contributed by atoms with Gasteiger partial charge in [-0.05, 0) is 42.5 Å². The second kappa shape index (κ2) is 6.56. The summed E-state index contributed by atoms with van der Waals surface area (Å²) < 4.78 is 19.7. The largest absolute Gasteiger partial charge is 0.483 e. The Morgan fingerprint density at radius 1 is 1.27 bits per heavy atom. The first-order chi connectivity index (χ1) is 12.6. The lowest BCUT2D eigenvalue weighted by atomic mass is 10.0. The van der Waals surface area contributed by atoms with Crippen molar-refractivity contribution in [2.45, 2.75) is 32.1 Å². The van der Waals surface area contributed by atoms with E-state index in [-0.39, 0.29) is 36.5 Å². The molecule has 0 fully saturated rings. The summed E-state index contributed by atoms with van der Waals surface area (Å²) in [5.41, 5.74) is 2.77. The van der Waals surface area contributed by atoms with E-state index in [1.807, 2.05) is 31.2 Å². The average Bonchev–Trinajstić information content (AvgIpc) is 2.96. The number of aryl methyl sites for hydroxylation is 1. The molecule has 0 bridgehead atoms. The van der Waals surface area contributed by atoms with E-state index in [1.54, 1.807) is 4.90 Å². The normalized spacial score (nSPS) is 18.5. The van der Waals surface area contributed by atoms with Gasteiger partial charge in [0.25, 0.3) is 5.91 Å². The molecule has 0 N–H and O–H groups in total. The molecule has 4 rings (SSSR count). The minimum atomic E-state index is -0.387. The van der Waals surface area contributed by atoms with Crippen LogP contribution in [0.5, 0.6) is 5.75 Å². The molecule has 4 nitrogen and oxygen atoms in total. The molecule has 1 atom stereocenters. The van der Waals surface area contributed by atoms with Crippen LogP contribution in [0.3, 0.4) is 0 Å². The van der Waals surface area contributed by atoms with E-state index in [0.717, 1.165) is 24.1 Å². The zero-order chi connectivity index (χ0) is 18.3. The number of carbonyl (C=O) groups excluding carboxylic acids is 2. The molecule has 0 aromatic heterocycles. The number of rotatable bonds is 3. The summed E-state index contributed by atoms with van der Waals surface area (Å²) in [5.74, 6) is -0.534. The maximum Gasteiger partial charge on any atom is 0.264 e. The van der Waals surface area contributed by atoms with Crippen LogP contribution < -0.4 is 9.64 Å². The van der Waals surface area contributed by atoms with E-state index in [1.165, 1.54) is 12.1 Å². The molecule has 0 spiro atoms. The van der Waals surface area contributed by atoms with Crippen molar-refractivity contribution in [3.05, 3.63) is 58.9 Å². The summed E-state index contributed by atoms with van der Waals surface area (Å²) in [5, 5.41) is 0. The number of ether oxygens (including phenoxy) is 1. The maximum absolute atomic E-state index is 14.1. The number of halogens is 1. The third-order valence-electron chi connectivity index (χ3n) is 5.18. The number of Topliss-reactive ketones (excluding diaryl/α,β-unsaturated/α-hetero) is 1. The molecule has 0 unspecified atom stereocenters. The molecule has 26 heavy (non-hydrogen) atoms. The number of benzene rings is 2. The number of ketones is 1. The van der Waals surface area contributed by atoms with E-state index in [2.05, 4.69) is 0 Å². The molecule has 2 aromatic carbocycles. The number of hydrogen-bond acceptors (Lipinski definition) is 3. The van der Waals surface area contributed by atoms with E-state index in [9.17, 15) is 14.0 Å². The smallest absolute Gasteiger partial charge is 0.264 e. The van der Waals surface area contributed by atoms with Gasteiger partial charge < -0.3 is 9.64 Å². The highest BCUT2D eigenvalue weighted by Crippen LogP contribution is 2.39. The molecular formula is C21H20FNO3. The quantitative estimate of drug-likeness (QED) is 0.841. The van der Waals surface area contributed by atoms with Gasteiger partial charge in [0.2, 0.25) is 0 Å². The summed E-state index contributed by atoms with van der Waals surface area (Å²) >= 11 is 0. The SMILES string of the molecule is C[C@@H]1CC(=O)c2c(OCC(=O)N3CCCc4ccccc43)ccc(F)c21. The Hall–Kier alpha value is -2.69. The Balaban J connectivity index is 1.54. The van der Waals surface area contributed by atoms with E-state index < -0.39 is 0 Å². The highest BCUT2D eigenvalue weighted by atomic mass is 19.1. The van der Waals surface area contributed by atoms with Crippen LogP contribution in [0.15, 0.2) is 36.4 Å². The minimum absolute atomic E-state index is 0.127. The van der Waals surface area contributed by atoms with Gasteiger partial charge in [-0.15, -0.1) is 0 Å². The summed E-state index contributed by atoms with van der Waals surface area (Å²) in [6, 6.07) is 10.6. The maximum atomic E-state index is 14.1. The first-order valence-electron chi connectivity index (χ1n) is 8.93. The van der Waals surface area contributed by atoms with Gasteiger partial charge in [0.1, 0.15) is 11.6 Å². The third-order valence-corrected chi connectivity index (χ3v) is 5.18. The van der Waals surface area contributed by atoms with Gasteiger partial charge in [-0.25, -0.2) is 4.39 Å². The van der Waals surface area contributed by atoms with Crippen molar-refractivity contribution in [1.29, 1.82) is 0 Å². The van der Waals surface area contributed by atoms with E-state index in [4.69, 9.17) is 4.74 Å². The predicted molar refractivity (Wildman–Crippen MR) is 96.4 cm³/mol. The van der Waals surface area contributed by atoms with Crippen LogP contribution in [-0.4, -0.2) is 24.8 Å². The van der Waals surface area contributed by atoms with E-state index >= 15 is 0 Å². The molecule has 1 aliphatic heterocycles. The number of fused-ring (bicyclic) bond motifs is 2. The topological polar surface area (TPSA) is 46.6 Å². The van der Waals surface area contributed by atoms with Crippen LogP contribution in [0.4, 0.5) is 10.1 Å². The van der Waals surface area contributed by atoms with Crippen molar-refractivity contribution in [3.8, 4) is 5.75 Å². The fourth-order valence-electron chi connectivity index (χ4n) is 3.96. The molecule has 0 saturated heterocycles. The van der Waals surface area contributed by atoms with Crippen LogP contribution in [0.25, 0.3) is 0 Å². The number of amides is 1. The zero-order valence-corrected chi connectivity index (χ0v) is 14.6. The molecule has 134 valence electrons. The van der Waals surface area contributed by atoms with Gasteiger partial charge >= 0.3 is 0 Å². The molecule has 0 radical (unpaired) electrons. The Bertz CT molecular complexity index is 893. The Kier molecular flexibility index (Phi) is 4.23. The fraction of sp³-hybridized carbons (Fsp3) is 0.333. The second-order valence-electron chi connectivity index (χ2n) is 6.93. The molecule has 1 aliphatic carbocycles. The minimum Gasteiger partial charge on any atom is -0.483 e. The first-order valence-corrected chi connectivity index (χ1v) is 8.93. The number of anilines is 1. The number of carbonyl (C=O) groups is 2. The van der Waals surface area contributed by atoms with Crippen molar-refractivity contribution < 1.29 is 18.7 Å². The van der Waals surface area contributed by atoms with Crippen LogP contribution in [0, 0.1) is 5.82 Å². The molecule has 2 aliphatic rings. The van der Waals surface area contributed by atoms with Gasteiger partial charge in [0.15, 0.2) is 12.4 Å². The van der Waals surface area contributed by atoms with Crippen molar-refractivity contribution in [2.24, 2.45) is 0 Å². The summed E-state index contributed by atoms with van der Waals surface area (Å²) in [6.45, 7) is 2.30. The van der Waals surface area contributed by atoms with Crippen molar-refractivity contribution in [2.75, 3.05) is 18.1 Å². The average molecular weight is 353 g/mol. The van der Waals surface area contributed by atoms with Crippen molar-refractivity contribution in [3.63, 3.8) is 0 Å². The molecule has 1 amide bonds. The number of nitrogens with zero attached hydrogens (tertiary/aromatic N) is 1. The van der Waals surface area contributed by atoms with Gasteiger partial charge in [0.05, 0.1) is 5.56 Å². The van der Waals surface area contributed by atoms with Crippen molar-refractivity contribution in [1.82, 2.24) is 0 Å². The van der Waals surface area contributed by atoms with Gasteiger partial charge in [-0.2, -0.15) is 0 Å². The third kappa shape index (κ3) is 2.77. The Morgan fingerprint density at radius 2 is 2.08 bits per heavy atom. The van der Waals surface area contributed by atoms with Crippen LogP contribution in [-0.2, 0) is 11.2 Å².